The van der Waals surface area contributed by atoms with Gasteiger partial charge in [0.1, 0.15) is 40.5 Å². The smallest absolute Gasteiger partial charge is 0.487 e. The van der Waals surface area contributed by atoms with Crippen LogP contribution in [-0.2, 0) is 11.3 Å². The van der Waals surface area contributed by atoms with Crippen LogP contribution in [0.1, 0.15) is 33.4 Å². The first-order valence-corrected chi connectivity index (χ1v) is 15.1. The summed E-state index contributed by atoms with van der Waals surface area (Å²) in [6.45, 7) is 0. The zero-order valence-electron chi connectivity index (χ0n) is 26.4. The van der Waals surface area contributed by atoms with Crippen molar-refractivity contribution in [2.75, 3.05) is 0 Å². The molecule has 2 unspecified atom stereocenters. The van der Waals surface area contributed by atoms with Crippen LogP contribution in [0.2, 0.25) is 0 Å². The van der Waals surface area contributed by atoms with Crippen LogP contribution in [0.25, 0.3) is 11.7 Å². The summed E-state index contributed by atoms with van der Waals surface area (Å²) in [6.07, 6.45) is 0. The van der Waals surface area contributed by atoms with Gasteiger partial charge < -0.3 is 14.0 Å². The average Bonchev–Trinajstić information content (AvgIpc) is 3.47. The minimum absolute atomic E-state index is 0.0104. The molecule has 0 heterocycles. The Morgan fingerprint density at radius 1 is 0.400 bits per heavy atom. The monoisotopic (exact) mass is 788 g/mol. The van der Waals surface area contributed by atoms with Gasteiger partial charge in [-0.25, -0.2) is 61.5 Å². The fourth-order valence-corrected chi connectivity index (χ4v) is 6.14. The van der Waals surface area contributed by atoms with Gasteiger partial charge in [0.05, 0.1) is 11.1 Å². The van der Waals surface area contributed by atoms with Gasteiger partial charge in [-0.3, -0.25) is 0 Å². The van der Waals surface area contributed by atoms with Crippen molar-refractivity contribution in [3.8, 4) is 17.2 Å². The lowest BCUT2D eigenvalue weighted by Gasteiger charge is -2.25. The fourth-order valence-electron chi connectivity index (χ4n) is 6.14. The number of hydrogen-bond donors (Lipinski definition) is 0. The molecule has 0 saturated heterocycles. The highest BCUT2D eigenvalue weighted by atomic mass is 19.2. The summed E-state index contributed by atoms with van der Waals surface area (Å²) in [5.74, 6) is -30.8. The molecule has 282 valence electrons. The third-order valence-corrected chi connectivity index (χ3v) is 8.62. The molecule has 2 atom stereocenters. The molecule has 0 spiro atoms. The van der Waals surface area contributed by atoms with Crippen molar-refractivity contribution in [1.82, 2.24) is 0 Å². The van der Waals surface area contributed by atoms with Crippen LogP contribution in [0.4, 0.5) is 65.9 Å². The first kappa shape index (κ1) is 37.3. The second-order valence-electron chi connectivity index (χ2n) is 11.7. The molecule has 5 aromatic rings. The van der Waals surface area contributed by atoms with Crippen LogP contribution in [0.15, 0.2) is 84.5 Å². The van der Waals surface area contributed by atoms with Crippen molar-refractivity contribution in [1.29, 1.82) is 0 Å². The Morgan fingerprint density at radius 2 is 0.818 bits per heavy atom. The Bertz CT molecular complexity index is 2380. The molecule has 0 bridgehead atoms. The predicted molar refractivity (Wildman–Crippen MR) is 162 cm³/mol. The molecule has 55 heavy (non-hydrogen) atoms. The lowest BCUT2D eigenvalue weighted by Crippen LogP contribution is -2.38. The second kappa shape index (κ2) is 13.1. The van der Waals surface area contributed by atoms with Crippen LogP contribution in [0.3, 0.4) is 0 Å². The summed E-state index contributed by atoms with van der Waals surface area (Å²) in [5.41, 5.74) is -16.6. The molecule has 3 nitrogen and oxygen atoms in total. The molecule has 0 aromatic heterocycles. The number of alkyl halides is 2. The highest BCUT2D eigenvalue weighted by molar-refractivity contribution is 6.39. The highest BCUT2D eigenvalue weighted by Crippen LogP contribution is 2.56. The molecule has 0 N–H and O–H groups in total. The van der Waals surface area contributed by atoms with Crippen LogP contribution >= 0.6 is 0 Å². The Hall–Kier alpha value is -6.01. The molecule has 5 aromatic carbocycles. The van der Waals surface area contributed by atoms with Crippen molar-refractivity contribution in [3.63, 3.8) is 0 Å². The summed E-state index contributed by atoms with van der Waals surface area (Å²) >= 11 is 0. The highest BCUT2D eigenvalue weighted by Gasteiger charge is 2.54. The number of allylic oxidation sites excluding steroid dienone is 2. The van der Waals surface area contributed by atoms with E-state index in [2.05, 4.69) is 0 Å². The van der Waals surface area contributed by atoms with Gasteiger partial charge in [0.25, 0.3) is 0 Å². The summed E-state index contributed by atoms with van der Waals surface area (Å²) in [7, 11) is -3.10. The quantitative estimate of drug-likeness (QED) is 0.0891. The Kier molecular flexibility index (Phi) is 8.88. The van der Waals surface area contributed by atoms with E-state index in [4.69, 9.17) is 14.0 Å². The van der Waals surface area contributed by atoms with E-state index >= 15 is 26.3 Å². The van der Waals surface area contributed by atoms with Gasteiger partial charge in [-0.2, -0.15) is 4.39 Å². The van der Waals surface area contributed by atoms with Gasteiger partial charge in [-0.1, -0.05) is 24.3 Å². The molecule has 2 aliphatic carbocycles. The van der Waals surface area contributed by atoms with Crippen LogP contribution in [-0.4, -0.2) is 7.32 Å². The third-order valence-electron chi connectivity index (χ3n) is 8.62. The summed E-state index contributed by atoms with van der Waals surface area (Å²) < 4.78 is 241. The van der Waals surface area contributed by atoms with Crippen molar-refractivity contribution in [2.24, 2.45) is 0 Å². The number of fused-ring (bicyclic) bond motifs is 2. The molecular weight excluding hydrogens is 776 g/mol. The van der Waals surface area contributed by atoms with Gasteiger partial charge in [0, 0.05) is 34.4 Å². The van der Waals surface area contributed by atoms with Crippen LogP contribution in [0.5, 0.6) is 17.2 Å². The minimum atomic E-state index is -4.10. The largest absolute Gasteiger partial charge is 0.864 e. The van der Waals surface area contributed by atoms with E-state index in [9.17, 15) is 39.5 Å². The van der Waals surface area contributed by atoms with Crippen molar-refractivity contribution in [3.05, 3.63) is 170 Å². The zero-order chi connectivity index (χ0) is 39.9. The zero-order valence-corrected chi connectivity index (χ0v) is 26.4. The summed E-state index contributed by atoms with van der Waals surface area (Å²) in [4.78, 5) is 0. The first-order chi connectivity index (χ1) is 25.9. The molecule has 19 heteroatoms. The molecule has 0 aliphatic heterocycles. The summed E-state index contributed by atoms with van der Waals surface area (Å²) in [5, 5.41) is 0. The molecule has 0 radical (unpaired) electrons. The maximum absolute atomic E-state index is 16.5. The van der Waals surface area contributed by atoms with Crippen LogP contribution in [0, 0.1) is 52.4 Å². The van der Waals surface area contributed by atoms with Crippen molar-refractivity contribution in [2.45, 2.75) is 11.3 Å². The number of benzene rings is 5. The lowest BCUT2D eigenvalue weighted by atomic mass is 9.88. The predicted octanol–water partition coefficient (Wildman–Crippen LogP) is 11.1. The van der Waals surface area contributed by atoms with Gasteiger partial charge in [-0.15, -0.1) is 0 Å². The Morgan fingerprint density at radius 3 is 1.25 bits per heavy atom. The van der Waals surface area contributed by atoms with Crippen molar-refractivity contribution < 1.29 is 79.8 Å². The van der Waals surface area contributed by atoms with Gasteiger partial charge >= 0.3 is 7.32 Å². The van der Waals surface area contributed by atoms with E-state index in [1.54, 1.807) is 0 Å². The van der Waals surface area contributed by atoms with E-state index in [0.717, 1.165) is 12.1 Å². The normalized spacial score (nSPS) is 18.8. The average molecular weight is 788 g/mol. The van der Waals surface area contributed by atoms with E-state index in [-0.39, 0.29) is 30.3 Å². The van der Waals surface area contributed by atoms with Gasteiger partial charge in [-0.05, 0) is 36.4 Å². The number of hydrogen-bond acceptors (Lipinski definition) is 3. The van der Waals surface area contributed by atoms with Crippen molar-refractivity contribution >= 4 is 19.0 Å². The molecular formula is C36H12BF15O3. The molecule has 0 saturated carbocycles. The molecule has 0 amide bonds. The lowest BCUT2D eigenvalue weighted by molar-refractivity contribution is 0.220. The molecule has 2 aliphatic rings. The topological polar surface area (TPSA) is 27.7 Å². The maximum atomic E-state index is 16.5. The number of rotatable bonds is 8. The Balaban J connectivity index is 1.35. The van der Waals surface area contributed by atoms with Gasteiger partial charge in [0.15, 0.2) is 46.6 Å². The minimum Gasteiger partial charge on any atom is -0.487 e. The fraction of sp³-hybridized carbons (Fsp3) is 0.0556. The van der Waals surface area contributed by atoms with E-state index in [1.165, 1.54) is 0 Å². The van der Waals surface area contributed by atoms with Gasteiger partial charge in [0.2, 0.25) is 17.2 Å². The first-order valence-electron chi connectivity index (χ1n) is 15.1. The third kappa shape index (κ3) is 5.57. The Labute approximate surface area is 297 Å². The molecule has 0 fully saturated rings. The standard InChI is InChI=1S/C36H12BF15O3/c38-13-9-17(35(51)15-3-1-5-19(40)25(15)31(47)33(35)49)27(43)23(11-13)54-37(53-22-8-7-21(42)29(45)30(22)46)55-24-12-14(39)10-18(28(24)44)36(52)16-4-2-6-20(41)26(16)32(48)34(36)50/h1-12H. The van der Waals surface area contributed by atoms with E-state index < -0.39 is 145 Å². The second-order valence-corrected chi connectivity index (χ2v) is 11.7. The number of halogens is 15. The van der Waals surface area contributed by atoms with Crippen LogP contribution < -0.4 is 14.0 Å². The van der Waals surface area contributed by atoms with E-state index in [1.807, 2.05) is 0 Å². The summed E-state index contributed by atoms with van der Waals surface area (Å²) in [6, 6.07) is 4.63. The maximum Gasteiger partial charge on any atom is 0.864 e. The SMILES string of the molecule is FC1=C(F)C(F)(c2cc(F)cc(OB(Oc3cc(F)cc(C4(F)C(F)=C(F)c5c(F)cccc54)c3F)Oc3ccc(F)c(F)c3F)c2F)c2cccc(F)c21. The van der Waals surface area contributed by atoms with E-state index in [0.29, 0.717) is 30.3 Å². The molecule has 7 rings (SSSR count).